The van der Waals surface area contributed by atoms with Gasteiger partial charge in [-0.05, 0) is 48.1 Å². The summed E-state index contributed by atoms with van der Waals surface area (Å²) < 4.78 is 70.8. The maximum absolute atomic E-state index is 14.8. The highest BCUT2D eigenvalue weighted by Crippen LogP contribution is 2.53. The van der Waals surface area contributed by atoms with Crippen LogP contribution in [0, 0.1) is 23.4 Å². The Balaban J connectivity index is 1.51. The van der Waals surface area contributed by atoms with E-state index >= 15 is 0 Å². The summed E-state index contributed by atoms with van der Waals surface area (Å²) >= 11 is 0. The summed E-state index contributed by atoms with van der Waals surface area (Å²) in [5.41, 5.74) is -0.0555. The number of nitrogens with zero attached hydrogens (tertiary/aromatic N) is 2. The van der Waals surface area contributed by atoms with Crippen molar-refractivity contribution < 1.29 is 26.4 Å². The molecule has 1 heterocycles. The second kappa shape index (κ2) is 8.49. The number of benzene rings is 2. The van der Waals surface area contributed by atoms with Crippen molar-refractivity contribution in [2.24, 2.45) is 5.92 Å². The number of likely N-dealkylation sites (tertiary alicyclic amines) is 1. The zero-order valence-corrected chi connectivity index (χ0v) is 18.5. The van der Waals surface area contributed by atoms with Gasteiger partial charge in [-0.1, -0.05) is 18.2 Å². The highest BCUT2D eigenvalue weighted by Gasteiger charge is 2.50. The fraction of sp³-hybridized carbons (Fsp3) is 0.409. The highest BCUT2D eigenvalue weighted by molar-refractivity contribution is 7.87. The second-order valence-corrected chi connectivity index (χ2v) is 10.3. The first kappa shape index (κ1) is 22.8. The molecular formula is C22H24F3N3O3S. The number of rotatable bonds is 7. The van der Waals surface area contributed by atoms with Gasteiger partial charge >= 0.3 is 0 Å². The van der Waals surface area contributed by atoms with E-state index < -0.39 is 39.5 Å². The van der Waals surface area contributed by atoms with Crippen molar-refractivity contribution in [3.05, 3.63) is 59.4 Å². The average molecular weight is 468 g/mol. The number of hydrogen-bond acceptors (Lipinski definition) is 3. The van der Waals surface area contributed by atoms with E-state index in [4.69, 9.17) is 0 Å². The molecule has 1 N–H and O–H groups in total. The Bertz CT molecular complexity index is 1140. The van der Waals surface area contributed by atoms with Gasteiger partial charge in [0, 0.05) is 39.1 Å². The van der Waals surface area contributed by atoms with E-state index in [1.807, 2.05) is 0 Å². The van der Waals surface area contributed by atoms with Crippen LogP contribution in [0.3, 0.4) is 0 Å². The first-order valence-electron chi connectivity index (χ1n) is 10.3. The Hall–Kier alpha value is -2.43. The molecule has 2 aromatic carbocycles. The largest absolute Gasteiger partial charge is 0.338 e. The lowest BCUT2D eigenvalue weighted by atomic mass is 9.94. The Labute approximate surface area is 185 Å². The van der Waals surface area contributed by atoms with Crippen molar-refractivity contribution in [2.75, 3.05) is 27.2 Å². The van der Waals surface area contributed by atoms with Gasteiger partial charge in [0.25, 0.3) is 10.2 Å². The van der Waals surface area contributed by atoms with E-state index in [0.29, 0.717) is 19.4 Å². The van der Waals surface area contributed by atoms with Crippen LogP contribution in [0.5, 0.6) is 0 Å². The minimum atomic E-state index is -3.60. The molecule has 3 atom stereocenters. The first-order valence-corrected chi connectivity index (χ1v) is 11.8. The number of nitrogens with one attached hydrogen (secondary N) is 1. The van der Waals surface area contributed by atoms with Crippen LogP contribution in [0.1, 0.15) is 24.3 Å². The third-order valence-corrected chi connectivity index (χ3v) is 7.67. The topological polar surface area (TPSA) is 69.7 Å². The van der Waals surface area contributed by atoms with Gasteiger partial charge in [-0.25, -0.2) is 17.9 Å². The van der Waals surface area contributed by atoms with Crippen LogP contribution in [-0.4, -0.2) is 56.8 Å². The Morgan fingerprint density at radius 2 is 1.72 bits per heavy atom. The minimum Gasteiger partial charge on any atom is -0.338 e. The van der Waals surface area contributed by atoms with E-state index in [9.17, 15) is 26.4 Å². The standard InChI is InChI=1S/C22H24F3N3O3S/c1-27(2)32(30,31)26-12-13-9-10-28(13)22(29)16-11-15(16)20-14(5-3-6-17(20)23)21-18(24)7-4-8-19(21)25/h3-8,13,15-16,26H,9-12H2,1-2H3/t13-,15+,16+/m0/s1. The minimum absolute atomic E-state index is 0.0923. The van der Waals surface area contributed by atoms with Crippen LogP contribution in [-0.2, 0) is 15.0 Å². The van der Waals surface area contributed by atoms with Gasteiger partial charge in [0.1, 0.15) is 17.5 Å². The van der Waals surface area contributed by atoms with E-state index in [0.717, 1.165) is 16.4 Å². The number of carbonyl (C=O) groups excluding carboxylic acids is 1. The molecule has 1 saturated heterocycles. The van der Waals surface area contributed by atoms with Crippen molar-refractivity contribution >= 4 is 16.1 Å². The third-order valence-electron chi connectivity index (χ3n) is 6.17. The molecule has 6 nitrogen and oxygen atoms in total. The molecule has 1 aliphatic carbocycles. The molecule has 1 saturated carbocycles. The molecule has 0 spiro atoms. The third kappa shape index (κ3) is 4.14. The van der Waals surface area contributed by atoms with Crippen molar-refractivity contribution in [2.45, 2.75) is 24.8 Å². The van der Waals surface area contributed by atoms with E-state index in [1.54, 1.807) is 4.90 Å². The fourth-order valence-corrected chi connectivity index (χ4v) is 4.82. The average Bonchev–Trinajstić information content (AvgIpc) is 3.47. The number of carbonyl (C=O) groups is 1. The Kier molecular flexibility index (Phi) is 6.04. The van der Waals surface area contributed by atoms with Gasteiger partial charge in [0.2, 0.25) is 5.91 Å². The quantitative estimate of drug-likeness (QED) is 0.681. The molecule has 32 heavy (non-hydrogen) atoms. The van der Waals surface area contributed by atoms with Crippen LogP contribution < -0.4 is 4.72 Å². The zero-order valence-electron chi connectivity index (χ0n) is 17.7. The van der Waals surface area contributed by atoms with Crippen LogP contribution >= 0.6 is 0 Å². The Morgan fingerprint density at radius 3 is 2.31 bits per heavy atom. The lowest BCUT2D eigenvalue weighted by Gasteiger charge is -2.41. The molecule has 1 amide bonds. The van der Waals surface area contributed by atoms with Crippen molar-refractivity contribution in [3.8, 4) is 11.1 Å². The van der Waals surface area contributed by atoms with Gasteiger partial charge in [0.15, 0.2) is 0 Å². The van der Waals surface area contributed by atoms with Gasteiger partial charge in [-0.3, -0.25) is 4.79 Å². The fourth-order valence-electron chi connectivity index (χ4n) is 4.16. The van der Waals surface area contributed by atoms with Gasteiger partial charge in [-0.2, -0.15) is 12.7 Å². The van der Waals surface area contributed by atoms with Crippen molar-refractivity contribution in [3.63, 3.8) is 0 Å². The maximum Gasteiger partial charge on any atom is 0.279 e. The molecule has 10 heteroatoms. The van der Waals surface area contributed by atoms with Crippen molar-refractivity contribution in [1.82, 2.24) is 13.9 Å². The summed E-state index contributed by atoms with van der Waals surface area (Å²) in [5.74, 6) is -3.39. The number of hydrogen-bond donors (Lipinski definition) is 1. The molecule has 172 valence electrons. The molecule has 0 unspecified atom stereocenters. The maximum atomic E-state index is 14.8. The molecule has 2 aromatic rings. The van der Waals surface area contributed by atoms with Crippen LogP contribution in [0.25, 0.3) is 11.1 Å². The number of amides is 1. The second-order valence-electron chi connectivity index (χ2n) is 8.36. The zero-order chi connectivity index (χ0) is 23.2. The summed E-state index contributed by atoms with van der Waals surface area (Å²) in [7, 11) is -0.786. The molecular weight excluding hydrogens is 443 g/mol. The van der Waals surface area contributed by atoms with Crippen molar-refractivity contribution in [1.29, 1.82) is 0 Å². The molecule has 2 aliphatic rings. The van der Waals surface area contributed by atoms with Crippen LogP contribution in [0.2, 0.25) is 0 Å². The molecule has 0 aromatic heterocycles. The Morgan fingerprint density at radius 1 is 1.09 bits per heavy atom. The smallest absolute Gasteiger partial charge is 0.279 e. The SMILES string of the molecule is CN(C)S(=O)(=O)NC[C@@H]1CCN1C(=O)[C@@H]1C[C@H]1c1c(F)cccc1-c1c(F)cccc1F. The molecule has 0 bridgehead atoms. The molecule has 4 rings (SSSR count). The summed E-state index contributed by atoms with van der Waals surface area (Å²) in [5, 5.41) is 0. The molecule has 2 fully saturated rings. The highest BCUT2D eigenvalue weighted by atomic mass is 32.2. The monoisotopic (exact) mass is 467 g/mol. The predicted octanol–water partition coefficient (Wildman–Crippen LogP) is 2.87. The van der Waals surface area contributed by atoms with Crippen LogP contribution in [0.15, 0.2) is 36.4 Å². The summed E-state index contributed by atoms with van der Waals surface area (Å²) in [6, 6.07) is 7.27. The van der Waals surface area contributed by atoms with Gasteiger partial charge in [0.05, 0.1) is 5.56 Å². The summed E-state index contributed by atoms with van der Waals surface area (Å²) in [6.45, 7) is 0.581. The van der Waals surface area contributed by atoms with Gasteiger partial charge < -0.3 is 4.90 Å². The molecule has 1 aliphatic heterocycles. The lowest BCUT2D eigenvalue weighted by molar-refractivity contribution is -0.140. The van der Waals surface area contributed by atoms with Gasteiger partial charge in [-0.15, -0.1) is 0 Å². The van der Waals surface area contributed by atoms with Crippen LogP contribution in [0.4, 0.5) is 13.2 Å². The lowest BCUT2D eigenvalue weighted by Crippen LogP contribution is -2.57. The molecule has 0 radical (unpaired) electrons. The van der Waals surface area contributed by atoms with E-state index in [2.05, 4.69) is 4.72 Å². The van der Waals surface area contributed by atoms with E-state index in [-0.39, 0.29) is 35.2 Å². The summed E-state index contributed by atoms with van der Waals surface area (Å²) in [4.78, 5) is 14.6. The predicted molar refractivity (Wildman–Crippen MR) is 113 cm³/mol. The normalized spacial score (nSPS) is 22.7. The first-order chi connectivity index (χ1) is 15.1. The number of halogens is 3. The van der Waals surface area contributed by atoms with E-state index in [1.165, 1.54) is 38.4 Å². The summed E-state index contributed by atoms with van der Waals surface area (Å²) in [6.07, 6.45) is 1.03.